The van der Waals surface area contributed by atoms with Gasteiger partial charge in [-0.1, -0.05) is 0 Å². The molecule has 0 spiro atoms. The van der Waals surface area contributed by atoms with Crippen LogP contribution in [-0.4, -0.2) is 40.9 Å². The number of unbranched alkanes of at least 4 members (excludes halogenated alkanes) is 3. The molecule has 0 radical (unpaired) electrons. The zero-order chi connectivity index (χ0) is 33.6. The minimum atomic E-state index is -2.71. The van der Waals surface area contributed by atoms with Crippen molar-refractivity contribution in [3.63, 3.8) is 0 Å². The van der Waals surface area contributed by atoms with Crippen molar-refractivity contribution >= 4 is 26.7 Å². The van der Waals surface area contributed by atoms with E-state index in [1.54, 1.807) is 14.2 Å². The molecule has 0 aliphatic carbocycles. The molecule has 0 aliphatic heterocycles. The summed E-state index contributed by atoms with van der Waals surface area (Å²) < 4.78 is 27.4. The summed E-state index contributed by atoms with van der Waals surface area (Å²) in [5, 5.41) is 0. The van der Waals surface area contributed by atoms with Crippen LogP contribution in [-0.2, 0) is 6.42 Å². The van der Waals surface area contributed by atoms with Gasteiger partial charge >= 0.3 is 285 Å². The third kappa shape index (κ3) is 9.96. The average Bonchev–Trinajstić information content (AvgIpc) is 3.02. The maximum absolute atomic E-state index is 7.04. The van der Waals surface area contributed by atoms with Gasteiger partial charge in [0.1, 0.15) is 0 Å². The first-order valence-corrected chi connectivity index (χ1v) is 27.7. The van der Waals surface area contributed by atoms with Gasteiger partial charge < -0.3 is 0 Å². The molecule has 0 fully saturated rings. The average molecular weight is 742 g/mol. The van der Waals surface area contributed by atoms with Crippen LogP contribution in [0.5, 0.6) is 17.2 Å². The Balaban J connectivity index is 2.84. The SMILES string of the molecule is CCC[CH2][Sn]([C]#Cc1c(CCC)cc(OC)c(OC)c1-c1ccc(O[Si](C(C)C)(C(C)C)C(C)C)cc1)([CH2]CCC)[CH2]CCC. The Hall–Kier alpha value is -1.58. The summed E-state index contributed by atoms with van der Waals surface area (Å²) >= 11 is -2.71. The van der Waals surface area contributed by atoms with Crippen molar-refractivity contribution < 1.29 is 13.9 Å². The third-order valence-corrected chi connectivity index (χ3v) is 29.0. The van der Waals surface area contributed by atoms with E-state index in [0.717, 1.165) is 46.8 Å². The van der Waals surface area contributed by atoms with Crippen LogP contribution in [0, 0.1) is 9.86 Å². The van der Waals surface area contributed by atoms with Gasteiger partial charge in [0.05, 0.1) is 0 Å². The van der Waals surface area contributed by atoms with Gasteiger partial charge in [0.15, 0.2) is 0 Å². The molecule has 0 N–H and O–H groups in total. The fraction of sp³-hybridized carbons (Fsp3) is 0.650. The third-order valence-electron chi connectivity index (χ3n) is 9.89. The summed E-state index contributed by atoms with van der Waals surface area (Å²) in [6.07, 6.45) is 9.72. The van der Waals surface area contributed by atoms with Crippen molar-refractivity contribution in [1.82, 2.24) is 0 Å². The van der Waals surface area contributed by atoms with Gasteiger partial charge in [-0.15, -0.1) is 0 Å². The summed E-state index contributed by atoms with van der Waals surface area (Å²) in [5.74, 6) is 6.47. The van der Waals surface area contributed by atoms with E-state index in [2.05, 4.69) is 109 Å². The molecule has 5 heteroatoms. The van der Waals surface area contributed by atoms with Crippen molar-refractivity contribution in [3.8, 4) is 38.2 Å². The first kappa shape index (κ1) is 39.6. The molecule has 0 saturated heterocycles. The van der Waals surface area contributed by atoms with Crippen LogP contribution in [0.2, 0.25) is 29.9 Å². The zero-order valence-electron chi connectivity index (χ0n) is 31.1. The van der Waals surface area contributed by atoms with Crippen LogP contribution in [0.25, 0.3) is 11.1 Å². The van der Waals surface area contributed by atoms with Crippen LogP contribution >= 0.6 is 0 Å². The summed E-state index contributed by atoms with van der Waals surface area (Å²) in [6, 6.07) is 11.0. The standard InChI is InChI=1S/C28H39O3Si.3C4H9.Sn/c1-11-13-23-18-26(29-9)28(30-10)27(25(23)12-2)22-14-16-24(17-15-22)31-32(19(3)4,20(5)6)21(7)8;3*1-3-4-2;/h14-21H,11,13H2,1,3-10H3;3*1,3-4H2,2H3;. The van der Waals surface area contributed by atoms with Crippen LogP contribution in [0.15, 0.2) is 30.3 Å². The normalized spacial score (nSPS) is 12.1. The number of benzene rings is 2. The van der Waals surface area contributed by atoms with Gasteiger partial charge in [-0.3, -0.25) is 0 Å². The molecular weight excluding hydrogens is 675 g/mol. The molecule has 3 nitrogen and oxygen atoms in total. The fourth-order valence-electron chi connectivity index (χ4n) is 7.48. The van der Waals surface area contributed by atoms with Crippen molar-refractivity contribution in [2.75, 3.05) is 14.2 Å². The van der Waals surface area contributed by atoms with E-state index in [1.165, 1.54) is 57.4 Å². The molecule has 2 aromatic rings. The number of ether oxygens (including phenoxy) is 2. The van der Waals surface area contributed by atoms with E-state index in [0.29, 0.717) is 16.6 Å². The molecule has 252 valence electrons. The molecule has 0 amide bonds. The summed E-state index contributed by atoms with van der Waals surface area (Å²) in [7, 11) is 1.45. The second-order valence-corrected chi connectivity index (χ2v) is 31.7. The molecule has 0 unspecified atom stereocenters. The van der Waals surface area contributed by atoms with Crippen LogP contribution in [0.4, 0.5) is 0 Å². The van der Waals surface area contributed by atoms with Crippen LogP contribution < -0.4 is 13.9 Å². The predicted octanol–water partition coefficient (Wildman–Crippen LogP) is 12.6. The number of rotatable bonds is 19. The molecule has 0 aromatic heterocycles. The Bertz CT molecular complexity index is 1180. The molecule has 45 heavy (non-hydrogen) atoms. The van der Waals surface area contributed by atoms with E-state index in [9.17, 15) is 0 Å². The Kier molecular flexibility index (Phi) is 17.0. The molecule has 0 bridgehead atoms. The monoisotopic (exact) mass is 742 g/mol. The second-order valence-electron chi connectivity index (χ2n) is 14.1. The summed E-state index contributed by atoms with van der Waals surface area (Å²) in [5.41, 5.74) is 6.16. The van der Waals surface area contributed by atoms with E-state index < -0.39 is 26.7 Å². The molecule has 2 aromatic carbocycles. The topological polar surface area (TPSA) is 27.7 Å². The zero-order valence-corrected chi connectivity index (χ0v) is 35.0. The van der Waals surface area contributed by atoms with Crippen molar-refractivity contribution in [3.05, 3.63) is 41.5 Å². The number of aryl methyl sites for hydroxylation is 1. The maximum atomic E-state index is 7.04. The first-order valence-electron chi connectivity index (χ1n) is 18.1. The van der Waals surface area contributed by atoms with Gasteiger partial charge in [-0.05, 0) is 0 Å². The summed E-state index contributed by atoms with van der Waals surface area (Å²) in [4.78, 5) is 0. The number of hydrogen-bond donors (Lipinski definition) is 0. The number of hydrogen-bond acceptors (Lipinski definition) is 3. The van der Waals surface area contributed by atoms with Crippen molar-refractivity contribution in [2.24, 2.45) is 0 Å². The van der Waals surface area contributed by atoms with Gasteiger partial charge in [0.2, 0.25) is 0 Å². The second kappa shape index (κ2) is 19.3. The molecule has 0 heterocycles. The van der Waals surface area contributed by atoms with Gasteiger partial charge in [-0.25, -0.2) is 0 Å². The van der Waals surface area contributed by atoms with E-state index >= 15 is 0 Å². The van der Waals surface area contributed by atoms with Gasteiger partial charge in [0, 0.05) is 0 Å². The Morgan fingerprint density at radius 1 is 0.711 bits per heavy atom. The molecule has 2 rings (SSSR count). The summed E-state index contributed by atoms with van der Waals surface area (Å²) in [6.45, 7) is 23.3. The van der Waals surface area contributed by atoms with Crippen LogP contribution in [0.1, 0.15) is 125 Å². The van der Waals surface area contributed by atoms with Gasteiger partial charge in [0.25, 0.3) is 0 Å². The Morgan fingerprint density at radius 3 is 1.62 bits per heavy atom. The van der Waals surface area contributed by atoms with Crippen LogP contribution in [0.3, 0.4) is 0 Å². The van der Waals surface area contributed by atoms with Crippen molar-refractivity contribution in [2.45, 2.75) is 151 Å². The molecule has 0 aliphatic rings. The molecular formula is C40H66O3SiSn. The fourth-order valence-corrected chi connectivity index (χ4v) is 25.9. The minimum absolute atomic E-state index is 0.522. The van der Waals surface area contributed by atoms with Crippen molar-refractivity contribution in [1.29, 1.82) is 0 Å². The predicted molar refractivity (Wildman–Crippen MR) is 202 cm³/mol. The molecule has 0 atom stereocenters. The van der Waals surface area contributed by atoms with Gasteiger partial charge in [-0.2, -0.15) is 0 Å². The van der Waals surface area contributed by atoms with E-state index in [1.807, 2.05) is 0 Å². The molecule has 0 saturated carbocycles. The first-order chi connectivity index (χ1) is 21.5. The Morgan fingerprint density at radius 2 is 1.22 bits per heavy atom. The quantitative estimate of drug-likeness (QED) is 0.106. The van der Waals surface area contributed by atoms with E-state index in [4.69, 9.17) is 13.9 Å². The number of methoxy groups -OCH3 is 2. The van der Waals surface area contributed by atoms with E-state index in [-0.39, 0.29) is 0 Å². The Labute approximate surface area is 283 Å².